The average molecular weight is 731 g/mol. The van der Waals surface area contributed by atoms with Crippen molar-refractivity contribution >= 4 is 11.8 Å². The quantitative estimate of drug-likeness (QED) is 0.251. The summed E-state index contributed by atoms with van der Waals surface area (Å²) in [6.07, 6.45) is 6.64. The van der Waals surface area contributed by atoms with Gasteiger partial charge in [0, 0.05) is 51.0 Å². The van der Waals surface area contributed by atoms with E-state index in [0.29, 0.717) is 30.4 Å². The number of ether oxygens (including phenoxy) is 6. The molecule has 11 nitrogen and oxygen atoms in total. The van der Waals surface area contributed by atoms with E-state index in [1.54, 1.807) is 34.0 Å². The predicted octanol–water partition coefficient (Wildman–Crippen LogP) is 5.26. The number of hydrogen-bond donors (Lipinski definition) is 3. The van der Waals surface area contributed by atoms with Crippen LogP contribution in [0.4, 0.5) is 0 Å². The molecule has 2 bridgehead atoms. The van der Waals surface area contributed by atoms with Crippen molar-refractivity contribution in [1.82, 2.24) is 0 Å². The van der Waals surface area contributed by atoms with Crippen molar-refractivity contribution < 1.29 is 53.3 Å². The fraction of sp³-hybridized carbons (Fsp3) is 0.756. The summed E-state index contributed by atoms with van der Waals surface area (Å²) in [5.41, 5.74) is 0.0132. The summed E-state index contributed by atoms with van der Waals surface area (Å²) in [4.78, 5) is 27.1. The van der Waals surface area contributed by atoms with Gasteiger partial charge in [-0.3, -0.25) is 9.59 Å². The fourth-order valence-corrected chi connectivity index (χ4v) is 8.61. The van der Waals surface area contributed by atoms with E-state index in [0.717, 1.165) is 12.0 Å². The van der Waals surface area contributed by atoms with Crippen molar-refractivity contribution in [2.45, 2.75) is 167 Å². The number of esters is 1. The van der Waals surface area contributed by atoms with Gasteiger partial charge in [-0.1, -0.05) is 64.5 Å². The summed E-state index contributed by atoms with van der Waals surface area (Å²) in [6.45, 7) is 15.4. The third-order valence-corrected chi connectivity index (χ3v) is 12.3. The van der Waals surface area contributed by atoms with Gasteiger partial charge in [0.25, 0.3) is 0 Å². The zero-order chi connectivity index (χ0) is 38.1. The summed E-state index contributed by atoms with van der Waals surface area (Å²) >= 11 is 0. The Morgan fingerprint density at radius 2 is 1.77 bits per heavy atom. The van der Waals surface area contributed by atoms with Crippen LogP contribution in [0.1, 0.15) is 100 Å². The number of carbonyl (C=O) groups excluding carboxylic acids is 2. The van der Waals surface area contributed by atoms with Crippen LogP contribution in [0.3, 0.4) is 0 Å². The minimum absolute atomic E-state index is 0.105. The zero-order valence-corrected chi connectivity index (χ0v) is 32.4. The van der Waals surface area contributed by atoms with Crippen LogP contribution in [0.25, 0.3) is 0 Å². The number of ketones is 1. The first-order valence-electron chi connectivity index (χ1n) is 19.2. The molecule has 0 amide bonds. The molecule has 3 N–H and O–H groups in total. The maximum Gasteiger partial charge on any atom is 0.316 e. The molecule has 292 valence electrons. The lowest BCUT2D eigenvalue weighted by Gasteiger charge is -2.52. The van der Waals surface area contributed by atoms with Crippen LogP contribution >= 0.6 is 0 Å². The van der Waals surface area contributed by atoms with Gasteiger partial charge in [-0.25, -0.2) is 0 Å². The standard InChI is InChI=1S/C41H62O11/c1-10-22(2)38-27(7)33(43)20-40(52-38)19-30-17-29(51-40)15-14-24(4)37(50-35-18-34(47-9)36(44)28(8)48-35)23(3)12-11-13-26(6)41(46)21-32(42)25(5)16-31(41)39(45)49-30/h11-14,16,22-23,27-31,33-38,43-44,46H,10,15,17-21H2,1-9H3/b12-11-,24-14+,26-13+/t22-,23-,27-,28-,29+,30-,31-,33-,34-,35-,36-,37-,38+,40-,41+/m0/s1. The molecular formula is C41H62O11. The molecule has 5 rings (SSSR count). The van der Waals surface area contributed by atoms with Gasteiger partial charge in [0.05, 0.1) is 36.6 Å². The molecule has 0 aromatic heterocycles. The van der Waals surface area contributed by atoms with Crippen LogP contribution in [-0.2, 0) is 38.0 Å². The van der Waals surface area contributed by atoms with Crippen LogP contribution in [0.5, 0.6) is 0 Å². The smallest absolute Gasteiger partial charge is 0.316 e. The highest BCUT2D eigenvalue weighted by Crippen LogP contribution is 2.46. The van der Waals surface area contributed by atoms with Crippen LogP contribution in [0.15, 0.2) is 47.1 Å². The Morgan fingerprint density at radius 3 is 2.46 bits per heavy atom. The number of fused-ring (bicyclic) bond motifs is 3. The van der Waals surface area contributed by atoms with Gasteiger partial charge in [0.15, 0.2) is 17.9 Å². The van der Waals surface area contributed by atoms with Gasteiger partial charge in [-0.15, -0.1) is 0 Å². The van der Waals surface area contributed by atoms with Gasteiger partial charge in [-0.2, -0.15) is 0 Å². The molecule has 0 aromatic carbocycles. The summed E-state index contributed by atoms with van der Waals surface area (Å²) in [5, 5.41) is 34.0. The van der Waals surface area contributed by atoms with Crippen LogP contribution in [-0.4, -0.2) is 101 Å². The van der Waals surface area contributed by atoms with E-state index >= 15 is 0 Å². The van der Waals surface area contributed by atoms with Gasteiger partial charge in [-0.05, 0) is 56.8 Å². The molecule has 0 aromatic rings. The maximum absolute atomic E-state index is 14.1. The Kier molecular flexibility index (Phi) is 13.1. The summed E-state index contributed by atoms with van der Waals surface area (Å²) < 4.78 is 38.2. The van der Waals surface area contributed by atoms with Gasteiger partial charge in [0.2, 0.25) is 0 Å². The van der Waals surface area contributed by atoms with Crippen LogP contribution < -0.4 is 0 Å². The number of aliphatic hydroxyl groups excluding tert-OH is 2. The monoisotopic (exact) mass is 730 g/mol. The lowest BCUT2D eigenvalue weighted by atomic mass is 9.72. The third kappa shape index (κ3) is 8.68. The number of aliphatic hydroxyl groups is 3. The second-order valence-electron chi connectivity index (χ2n) is 16.2. The third-order valence-electron chi connectivity index (χ3n) is 12.3. The number of rotatable bonds is 5. The molecule has 1 spiro atoms. The lowest BCUT2D eigenvalue weighted by molar-refractivity contribution is -0.354. The molecule has 15 atom stereocenters. The van der Waals surface area contributed by atoms with Gasteiger partial charge in [0.1, 0.15) is 23.7 Å². The first kappa shape index (κ1) is 41.0. The molecule has 3 saturated heterocycles. The number of Topliss-reactive ketones (excluding diaryl/α,β-unsaturated/α-hetero) is 1. The van der Waals surface area contributed by atoms with Crippen molar-refractivity contribution in [2.75, 3.05) is 7.11 Å². The van der Waals surface area contributed by atoms with E-state index < -0.39 is 72.3 Å². The highest BCUT2D eigenvalue weighted by Gasteiger charge is 2.54. The first-order valence-corrected chi connectivity index (χ1v) is 19.2. The highest BCUT2D eigenvalue weighted by atomic mass is 16.7. The Morgan fingerprint density at radius 1 is 1.04 bits per heavy atom. The molecular weight excluding hydrogens is 668 g/mol. The zero-order valence-electron chi connectivity index (χ0n) is 32.4. The van der Waals surface area contributed by atoms with Gasteiger partial charge >= 0.3 is 5.97 Å². The highest BCUT2D eigenvalue weighted by molar-refractivity contribution is 5.99. The van der Waals surface area contributed by atoms with E-state index in [1.165, 1.54) is 6.08 Å². The number of carbonyl (C=O) groups is 2. The Hall–Kier alpha value is -2.22. The van der Waals surface area contributed by atoms with Crippen molar-refractivity contribution in [2.24, 2.45) is 23.7 Å². The number of hydrogen-bond acceptors (Lipinski definition) is 11. The molecule has 52 heavy (non-hydrogen) atoms. The second-order valence-corrected chi connectivity index (χ2v) is 16.2. The first-order chi connectivity index (χ1) is 24.5. The number of methoxy groups -OCH3 is 1. The Bertz CT molecular complexity index is 1420. The molecule has 0 unspecified atom stereocenters. The molecule has 0 radical (unpaired) electrons. The largest absolute Gasteiger partial charge is 0.462 e. The number of allylic oxidation sites excluding steroid dienone is 3. The average Bonchev–Trinajstić information content (AvgIpc) is 3.09. The van der Waals surface area contributed by atoms with Gasteiger partial charge < -0.3 is 43.7 Å². The maximum atomic E-state index is 14.1. The van der Waals surface area contributed by atoms with Crippen molar-refractivity contribution in [3.05, 3.63) is 47.1 Å². The van der Waals surface area contributed by atoms with Crippen LogP contribution in [0.2, 0.25) is 0 Å². The van der Waals surface area contributed by atoms with E-state index in [9.17, 15) is 24.9 Å². The topological polar surface area (TPSA) is 150 Å². The van der Waals surface area contributed by atoms with Crippen molar-refractivity contribution in [3.63, 3.8) is 0 Å². The van der Waals surface area contributed by atoms with E-state index in [4.69, 9.17) is 28.4 Å². The Balaban J connectivity index is 1.54. The molecule has 5 aliphatic rings. The molecule has 11 heteroatoms. The summed E-state index contributed by atoms with van der Waals surface area (Å²) in [6, 6.07) is 0. The van der Waals surface area contributed by atoms with Crippen LogP contribution in [0, 0.1) is 23.7 Å². The fourth-order valence-electron chi connectivity index (χ4n) is 8.61. The predicted molar refractivity (Wildman–Crippen MR) is 194 cm³/mol. The van der Waals surface area contributed by atoms with E-state index in [2.05, 4.69) is 19.9 Å². The lowest BCUT2D eigenvalue weighted by Crippen LogP contribution is -2.59. The van der Waals surface area contributed by atoms with E-state index in [1.807, 2.05) is 32.9 Å². The summed E-state index contributed by atoms with van der Waals surface area (Å²) in [5.74, 6) is -3.25. The summed E-state index contributed by atoms with van der Waals surface area (Å²) in [7, 11) is 1.57. The Labute approximate surface area is 309 Å². The second kappa shape index (κ2) is 16.7. The minimum atomic E-state index is -1.79. The SMILES string of the molecule is CC[C@H](C)[C@H]1O[C@@]2(C[C@@H]3C[C@@H](C/C=C(\C)[C@@H](O[C@H]4C[C@H](OC)[C@@H](O)[C@H](C)O4)[C@@H](C)/C=C\C=C(/C)[C@]4(O)CC(=O)C(C)=C[C@H]4C(=O)O3)O2)C[C@H](O)[C@@H]1C. The molecule has 4 aliphatic heterocycles. The molecule has 3 fully saturated rings. The van der Waals surface area contributed by atoms with E-state index in [-0.39, 0.29) is 48.9 Å². The normalized spacial score (nSPS) is 46.9. The molecule has 4 heterocycles. The minimum Gasteiger partial charge on any atom is -0.462 e. The van der Waals surface area contributed by atoms with Crippen molar-refractivity contribution in [1.29, 1.82) is 0 Å². The molecule has 0 saturated carbocycles. The van der Waals surface area contributed by atoms with Crippen molar-refractivity contribution in [3.8, 4) is 0 Å². The molecule has 1 aliphatic carbocycles.